The molecule has 2 rings (SSSR count). The van der Waals surface area contributed by atoms with Gasteiger partial charge in [0.05, 0.1) is 5.56 Å². The predicted octanol–water partition coefficient (Wildman–Crippen LogP) is 3.31. The van der Waals surface area contributed by atoms with Gasteiger partial charge in [0.25, 0.3) is 5.91 Å². The van der Waals surface area contributed by atoms with E-state index in [1.54, 1.807) is 18.0 Å². The molecule has 0 radical (unpaired) electrons. The summed E-state index contributed by atoms with van der Waals surface area (Å²) in [6, 6.07) is 4.55. The molecule has 1 fully saturated rings. The van der Waals surface area contributed by atoms with Gasteiger partial charge in [-0.15, -0.1) is 0 Å². The van der Waals surface area contributed by atoms with E-state index in [1.807, 2.05) is 0 Å². The number of amides is 1. The van der Waals surface area contributed by atoms with Crippen LogP contribution < -0.4 is 0 Å². The average Bonchev–Trinajstić information content (AvgIpc) is 2.84. The maximum atomic E-state index is 12.2. The molecule has 98 valence electrons. The fourth-order valence-electron chi connectivity index (χ4n) is 2.55. The second-order valence-corrected chi connectivity index (χ2v) is 5.43. The van der Waals surface area contributed by atoms with E-state index in [0.717, 1.165) is 6.54 Å². The molecule has 0 aliphatic heterocycles. The van der Waals surface area contributed by atoms with E-state index in [2.05, 4.69) is 0 Å². The molecule has 1 saturated carbocycles. The van der Waals surface area contributed by atoms with Crippen LogP contribution in [0.15, 0.2) is 18.2 Å². The standard InChI is InChI=1S/C14H18ClNO2/c1-16(9-10-4-2-3-5-10)14(18)12-8-11(15)6-7-13(12)17/h6-8,10,17H,2-5,9H2,1H3. The number of aromatic hydroxyl groups is 1. The zero-order valence-electron chi connectivity index (χ0n) is 10.5. The molecule has 0 aromatic heterocycles. The molecule has 0 unspecified atom stereocenters. The zero-order chi connectivity index (χ0) is 13.1. The fourth-order valence-corrected chi connectivity index (χ4v) is 2.72. The van der Waals surface area contributed by atoms with Gasteiger partial charge in [-0.25, -0.2) is 0 Å². The van der Waals surface area contributed by atoms with Crippen molar-refractivity contribution >= 4 is 17.5 Å². The lowest BCUT2D eigenvalue weighted by Crippen LogP contribution is -2.31. The number of halogens is 1. The van der Waals surface area contributed by atoms with Crippen LogP contribution in [0.5, 0.6) is 5.75 Å². The van der Waals surface area contributed by atoms with Crippen molar-refractivity contribution in [3.8, 4) is 5.75 Å². The van der Waals surface area contributed by atoms with Gasteiger partial charge >= 0.3 is 0 Å². The molecule has 1 amide bonds. The third-order valence-corrected chi connectivity index (χ3v) is 3.78. The van der Waals surface area contributed by atoms with Crippen LogP contribution in [-0.2, 0) is 0 Å². The molecule has 18 heavy (non-hydrogen) atoms. The molecule has 0 spiro atoms. The fraction of sp³-hybridized carbons (Fsp3) is 0.500. The first-order valence-corrected chi connectivity index (χ1v) is 6.69. The van der Waals surface area contributed by atoms with E-state index in [4.69, 9.17) is 11.6 Å². The molecule has 1 N–H and O–H groups in total. The Morgan fingerprint density at radius 3 is 2.78 bits per heavy atom. The maximum absolute atomic E-state index is 12.2. The Hall–Kier alpha value is -1.22. The molecule has 0 saturated heterocycles. The van der Waals surface area contributed by atoms with E-state index in [9.17, 15) is 9.90 Å². The highest BCUT2D eigenvalue weighted by atomic mass is 35.5. The van der Waals surface area contributed by atoms with E-state index in [1.165, 1.54) is 37.8 Å². The third kappa shape index (κ3) is 2.96. The minimum Gasteiger partial charge on any atom is -0.507 e. The summed E-state index contributed by atoms with van der Waals surface area (Å²) in [4.78, 5) is 13.9. The normalized spacial score (nSPS) is 15.9. The molecular weight excluding hydrogens is 250 g/mol. The average molecular weight is 268 g/mol. The van der Waals surface area contributed by atoms with E-state index >= 15 is 0 Å². The first kappa shape index (κ1) is 13.2. The number of hydrogen-bond donors (Lipinski definition) is 1. The Bertz CT molecular complexity index is 441. The molecule has 1 aliphatic carbocycles. The topological polar surface area (TPSA) is 40.5 Å². The van der Waals surface area contributed by atoms with Crippen molar-refractivity contribution in [2.75, 3.05) is 13.6 Å². The van der Waals surface area contributed by atoms with Crippen molar-refractivity contribution in [1.29, 1.82) is 0 Å². The number of phenolic OH excluding ortho intramolecular Hbond substituents is 1. The van der Waals surface area contributed by atoms with Crippen LogP contribution in [0.1, 0.15) is 36.0 Å². The van der Waals surface area contributed by atoms with Gasteiger partial charge in [0, 0.05) is 18.6 Å². The Balaban J connectivity index is 2.07. The van der Waals surface area contributed by atoms with Crippen molar-refractivity contribution in [3.63, 3.8) is 0 Å². The summed E-state index contributed by atoms with van der Waals surface area (Å²) in [6.45, 7) is 0.755. The van der Waals surface area contributed by atoms with Gasteiger partial charge in [-0.3, -0.25) is 4.79 Å². The van der Waals surface area contributed by atoms with Gasteiger partial charge < -0.3 is 10.0 Å². The van der Waals surface area contributed by atoms with Crippen molar-refractivity contribution in [2.45, 2.75) is 25.7 Å². The smallest absolute Gasteiger partial charge is 0.257 e. The predicted molar refractivity (Wildman–Crippen MR) is 72.0 cm³/mol. The van der Waals surface area contributed by atoms with Gasteiger partial charge in [0.1, 0.15) is 5.75 Å². The third-order valence-electron chi connectivity index (χ3n) is 3.54. The number of nitrogens with zero attached hydrogens (tertiary/aromatic N) is 1. The van der Waals surface area contributed by atoms with Gasteiger partial charge in [0.2, 0.25) is 0 Å². The minimum absolute atomic E-state index is 0.0114. The second-order valence-electron chi connectivity index (χ2n) is 5.00. The number of carbonyl (C=O) groups excluding carboxylic acids is 1. The monoisotopic (exact) mass is 267 g/mol. The summed E-state index contributed by atoms with van der Waals surface area (Å²) < 4.78 is 0. The summed E-state index contributed by atoms with van der Waals surface area (Å²) in [6.07, 6.45) is 4.91. The van der Waals surface area contributed by atoms with E-state index in [-0.39, 0.29) is 17.2 Å². The first-order chi connectivity index (χ1) is 8.58. The van der Waals surface area contributed by atoms with E-state index in [0.29, 0.717) is 10.9 Å². The highest BCUT2D eigenvalue weighted by molar-refractivity contribution is 6.31. The summed E-state index contributed by atoms with van der Waals surface area (Å²) in [5.41, 5.74) is 0.281. The van der Waals surface area contributed by atoms with Gasteiger partial charge in [-0.2, -0.15) is 0 Å². The Morgan fingerprint density at radius 2 is 2.11 bits per heavy atom. The molecule has 3 nitrogen and oxygen atoms in total. The van der Waals surface area contributed by atoms with Crippen LogP contribution >= 0.6 is 11.6 Å². The lowest BCUT2D eigenvalue weighted by atomic mass is 10.1. The van der Waals surface area contributed by atoms with Crippen molar-refractivity contribution in [3.05, 3.63) is 28.8 Å². The Morgan fingerprint density at radius 1 is 1.44 bits per heavy atom. The number of rotatable bonds is 3. The summed E-state index contributed by atoms with van der Waals surface area (Å²) >= 11 is 5.85. The molecule has 1 aromatic rings. The molecule has 1 aliphatic rings. The molecule has 0 bridgehead atoms. The highest BCUT2D eigenvalue weighted by Crippen LogP contribution is 2.27. The molecule has 4 heteroatoms. The van der Waals surface area contributed by atoms with Gasteiger partial charge in [-0.05, 0) is 37.0 Å². The van der Waals surface area contributed by atoms with Crippen LogP contribution in [0.3, 0.4) is 0 Å². The molecule has 0 atom stereocenters. The van der Waals surface area contributed by atoms with Crippen LogP contribution in [0.2, 0.25) is 5.02 Å². The van der Waals surface area contributed by atoms with Crippen LogP contribution in [0.25, 0.3) is 0 Å². The number of hydrogen-bond acceptors (Lipinski definition) is 2. The number of carbonyl (C=O) groups is 1. The van der Waals surface area contributed by atoms with Crippen molar-refractivity contribution in [2.24, 2.45) is 5.92 Å². The van der Waals surface area contributed by atoms with Crippen LogP contribution in [0, 0.1) is 5.92 Å². The first-order valence-electron chi connectivity index (χ1n) is 6.32. The lowest BCUT2D eigenvalue weighted by molar-refractivity contribution is 0.0770. The lowest BCUT2D eigenvalue weighted by Gasteiger charge is -2.21. The SMILES string of the molecule is CN(CC1CCCC1)C(=O)c1cc(Cl)ccc1O. The van der Waals surface area contributed by atoms with Crippen molar-refractivity contribution < 1.29 is 9.90 Å². The summed E-state index contributed by atoms with van der Waals surface area (Å²) in [5, 5.41) is 10.2. The molecular formula is C14H18ClNO2. The highest BCUT2D eigenvalue weighted by Gasteiger charge is 2.21. The molecule has 0 heterocycles. The van der Waals surface area contributed by atoms with Crippen molar-refractivity contribution in [1.82, 2.24) is 4.90 Å². The Labute approximate surface area is 112 Å². The number of phenols is 1. The minimum atomic E-state index is -0.165. The van der Waals surface area contributed by atoms with E-state index < -0.39 is 0 Å². The second kappa shape index (κ2) is 5.61. The van der Waals surface area contributed by atoms with Crippen LogP contribution in [-0.4, -0.2) is 29.5 Å². The zero-order valence-corrected chi connectivity index (χ0v) is 11.3. The Kier molecular flexibility index (Phi) is 4.12. The van der Waals surface area contributed by atoms with Crippen LogP contribution in [0.4, 0.5) is 0 Å². The number of benzene rings is 1. The van der Waals surface area contributed by atoms with Gasteiger partial charge in [-0.1, -0.05) is 24.4 Å². The van der Waals surface area contributed by atoms with Gasteiger partial charge in [0.15, 0.2) is 0 Å². The maximum Gasteiger partial charge on any atom is 0.257 e. The summed E-state index contributed by atoms with van der Waals surface area (Å²) in [5.74, 6) is 0.421. The molecule has 1 aromatic carbocycles. The summed E-state index contributed by atoms with van der Waals surface area (Å²) in [7, 11) is 1.78. The largest absolute Gasteiger partial charge is 0.507 e. The quantitative estimate of drug-likeness (QED) is 0.913.